The second kappa shape index (κ2) is 8.56. The first-order valence-corrected chi connectivity index (χ1v) is 7.08. The van der Waals surface area contributed by atoms with Gasteiger partial charge in [0.2, 0.25) is 0 Å². The minimum absolute atomic E-state index is 0.0676. The molecule has 2 N–H and O–H groups in total. The molecule has 0 bridgehead atoms. The number of nitrogens with zero attached hydrogens (tertiary/aromatic N) is 1. The van der Waals surface area contributed by atoms with Crippen LogP contribution in [-0.2, 0) is 6.54 Å². The largest absolute Gasteiger partial charge is 0.396 e. The van der Waals surface area contributed by atoms with Gasteiger partial charge in [0.05, 0.1) is 6.54 Å². The van der Waals surface area contributed by atoms with Crippen molar-refractivity contribution in [2.45, 2.75) is 39.3 Å². The van der Waals surface area contributed by atoms with Gasteiger partial charge in [-0.25, -0.2) is 13.6 Å². The Bertz CT molecular complexity index is 449. The summed E-state index contributed by atoms with van der Waals surface area (Å²) in [5, 5.41) is 11.5. The maximum absolute atomic E-state index is 13.6. The van der Waals surface area contributed by atoms with Crippen molar-refractivity contribution in [1.29, 1.82) is 0 Å². The zero-order valence-corrected chi connectivity index (χ0v) is 12.4. The molecular weight excluding hydrogens is 278 g/mol. The number of hydrogen-bond donors (Lipinski definition) is 2. The van der Waals surface area contributed by atoms with Gasteiger partial charge in [-0.1, -0.05) is 6.07 Å². The molecule has 0 aromatic heterocycles. The first-order chi connectivity index (χ1) is 9.99. The molecule has 0 saturated carbocycles. The predicted octanol–water partition coefficient (Wildman–Crippen LogP) is 2.66. The number of urea groups is 1. The number of amides is 2. The molecule has 1 aromatic rings. The molecule has 1 aromatic carbocycles. The number of nitrogens with one attached hydrogen (secondary N) is 1. The van der Waals surface area contributed by atoms with Gasteiger partial charge in [-0.05, 0) is 38.8 Å². The Morgan fingerprint density at radius 1 is 1.38 bits per heavy atom. The Balaban J connectivity index is 2.68. The zero-order valence-electron chi connectivity index (χ0n) is 12.4. The van der Waals surface area contributed by atoms with E-state index in [9.17, 15) is 13.6 Å². The van der Waals surface area contributed by atoms with Crippen LogP contribution >= 0.6 is 0 Å². The Labute approximate surface area is 123 Å². The maximum atomic E-state index is 13.6. The quantitative estimate of drug-likeness (QED) is 0.813. The molecule has 0 aliphatic heterocycles. The third kappa shape index (κ3) is 5.30. The minimum atomic E-state index is -0.658. The van der Waals surface area contributed by atoms with Crippen molar-refractivity contribution in [3.05, 3.63) is 35.4 Å². The lowest BCUT2D eigenvalue weighted by atomic mass is 10.2. The van der Waals surface area contributed by atoms with E-state index in [0.717, 1.165) is 0 Å². The Morgan fingerprint density at radius 2 is 2.00 bits per heavy atom. The number of aliphatic hydroxyl groups excluding tert-OH is 1. The molecule has 0 aliphatic carbocycles. The van der Waals surface area contributed by atoms with E-state index in [2.05, 4.69) is 5.32 Å². The molecule has 0 heterocycles. The molecule has 0 aliphatic rings. The van der Waals surface area contributed by atoms with Gasteiger partial charge in [-0.3, -0.25) is 0 Å². The first kappa shape index (κ1) is 17.4. The van der Waals surface area contributed by atoms with E-state index >= 15 is 0 Å². The van der Waals surface area contributed by atoms with Crippen LogP contribution in [0.4, 0.5) is 13.6 Å². The molecule has 4 nitrogen and oxygen atoms in total. The van der Waals surface area contributed by atoms with Crippen molar-refractivity contribution < 1.29 is 18.7 Å². The Kier molecular flexibility index (Phi) is 7.08. The number of halogens is 2. The molecule has 0 saturated heterocycles. The summed E-state index contributed by atoms with van der Waals surface area (Å²) >= 11 is 0. The van der Waals surface area contributed by atoms with Gasteiger partial charge in [0, 0.05) is 24.8 Å². The number of carbonyl (C=O) groups excluding carboxylic acids is 1. The number of carbonyl (C=O) groups is 1. The molecule has 6 heteroatoms. The van der Waals surface area contributed by atoms with Crippen LogP contribution in [0.15, 0.2) is 18.2 Å². The summed E-state index contributed by atoms with van der Waals surface area (Å²) in [4.78, 5) is 13.4. The maximum Gasteiger partial charge on any atom is 0.317 e. The van der Waals surface area contributed by atoms with Crippen LogP contribution < -0.4 is 5.32 Å². The smallest absolute Gasteiger partial charge is 0.317 e. The summed E-state index contributed by atoms with van der Waals surface area (Å²) in [6, 6.07) is 3.17. The fourth-order valence-electron chi connectivity index (χ4n) is 1.97. The summed E-state index contributed by atoms with van der Waals surface area (Å²) in [5.74, 6) is -1.32. The highest BCUT2D eigenvalue weighted by Gasteiger charge is 2.18. The molecule has 0 spiro atoms. The molecular formula is C15H22F2N2O2. The highest BCUT2D eigenvalue weighted by atomic mass is 19.1. The van der Waals surface area contributed by atoms with Crippen LogP contribution in [0.2, 0.25) is 0 Å². The van der Waals surface area contributed by atoms with Crippen molar-refractivity contribution in [2.24, 2.45) is 0 Å². The fraction of sp³-hybridized carbons (Fsp3) is 0.533. The van der Waals surface area contributed by atoms with Crippen LogP contribution in [-0.4, -0.2) is 35.2 Å². The molecule has 118 valence electrons. The molecule has 0 fully saturated rings. The summed E-state index contributed by atoms with van der Waals surface area (Å²) in [5.41, 5.74) is -0.113. The van der Waals surface area contributed by atoms with E-state index in [-0.39, 0.29) is 30.8 Å². The van der Waals surface area contributed by atoms with Crippen molar-refractivity contribution >= 4 is 6.03 Å². The van der Waals surface area contributed by atoms with Gasteiger partial charge < -0.3 is 15.3 Å². The first-order valence-electron chi connectivity index (χ1n) is 7.08. The van der Waals surface area contributed by atoms with Crippen molar-refractivity contribution in [1.82, 2.24) is 10.2 Å². The van der Waals surface area contributed by atoms with E-state index in [1.165, 1.54) is 23.1 Å². The molecule has 1 atom stereocenters. The van der Waals surface area contributed by atoms with Crippen molar-refractivity contribution in [3.8, 4) is 0 Å². The van der Waals surface area contributed by atoms with Crippen LogP contribution in [0.5, 0.6) is 0 Å². The average Bonchev–Trinajstić information content (AvgIpc) is 2.44. The second-order valence-corrected chi connectivity index (χ2v) is 4.93. The fourth-order valence-corrected chi connectivity index (χ4v) is 1.97. The van der Waals surface area contributed by atoms with Crippen LogP contribution in [0.3, 0.4) is 0 Å². The van der Waals surface area contributed by atoms with Crippen molar-refractivity contribution in [2.75, 3.05) is 13.2 Å². The lowest BCUT2D eigenvalue weighted by Gasteiger charge is -2.24. The zero-order chi connectivity index (χ0) is 15.8. The lowest BCUT2D eigenvalue weighted by Crippen LogP contribution is -2.43. The third-order valence-electron chi connectivity index (χ3n) is 3.24. The highest BCUT2D eigenvalue weighted by molar-refractivity contribution is 5.74. The number of hydrogen-bond acceptors (Lipinski definition) is 2. The molecule has 1 rings (SSSR count). The van der Waals surface area contributed by atoms with Gasteiger partial charge in [-0.2, -0.15) is 0 Å². The van der Waals surface area contributed by atoms with Gasteiger partial charge in [0.1, 0.15) is 11.6 Å². The molecule has 1 unspecified atom stereocenters. The number of rotatable bonds is 7. The van der Waals surface area contributed by atoms with E-state index in [1.807, 2.05) is 6.92 Å². The van der Waals surface area contributed by atoms with Gasteiger partial charge >= 0.3 is 6.03 Å². The molecule has 21 heavy (non-hydrogen) atoms. The third-order valence-corrected chi connectivity index (χ3v) is 3.24. The van der Waals surface area contributed by atoms with E-state index in [1.54, 1.807) is 6.92 Å². The average molecular weight is 300 g/mol. The summed E-state index contributed by atoms with van der Waals surface area (Å²) in [6.45, 7) is 3.86. The number of benzene rings is 1. The second-order valence-electron chi connectivity index (χ2n) is 4.93. The monoisotopic (exact) mass is 300 g/mol. The highest BCUT2D eigenvalue weighted by Crippen LogP contribution is 2.14. The van der Waals surface area contributed by atoms with E-state index in [4.69, 9.17) is 5.11 Å². The van der Waals surface area contributed by atoms with Crippen LogP contribution in [0.25, 0.3) is 0 Å². The SMILES string of the molecule is CCN(Cc1c(F)cccc1F)C(=O)NC(C)CCCO. The Hall–Kier alpha value is -1.69. The van der Waals surface area contributed by atoms with Gasteiger partial charge in [-0.15, -0.1) is 0 Å². The van der Waals surface area contributed by atoms with Crippen molar-refractivity contribution in [3.63, 3.8) is 0 Å². The standard InChI is InChI=1S/C15H22F2N2O2/c1-3-19(15(21)18-11(2)6-5-9-20)10-12-13(16)7-4-8-14(12)17/h4,7-8,11,20H,3,5-6,9-10H2,1-2H3,(H,18,21). The van der Waals surface area contributed by atoms with Gasteiger partial charge in [0.15, 0.2) is 0 Å². The lowest BCUT2D eigenvalue weighted by molar-refractivity contribution is 0.191. The summed E-state index contributed by atoms with van der Waals surface area (Å²) in [7, 11) is 0. The molecule has 0 radical (unpaired) electrons. The van der Waals surface area contributed by atoms with E-state index in [0.29, 0.717) is 19.4 Å². The number of aliphatic hydroxyl groups is 1. The van der Waals surface area contributed by atoms with Crippen LogP contribution in [0, 0.1) is 11.6 Å². The summed E-state index contributed by atoms with van der Waals surface area (Å²) in [6.07, 6.45) is 1.24. The minimum Gasteiger partial charge on any atom is -0.396 e. The predicted molar refractivity (Wildman–Crippen MR) is 76.8 cm³/mol. The summed E-state index contributed by atoms with van der Waals surface area (Å²) < 4.78 is 27.2. The van der Waals surface area contributed by atoms with Crippen LogP contribution in [0.1, 0.15) is 32.3 Å². The van der Waals surface area contributed by atoms with Gasteiger partial charge in [0.25, 0.3) is 0 Å². The van der Waals surface area contributed by atoms with E-state index < -0.39 is 11.6 Å². The molecule has 2 amide bonds. The Morgan fingerprint density at radius 3 is 2.52 bits per heavy atom. The topological polar surface area (TPSA) is 52.6 Å². The normalized spacial score (nSPS) is 12.0.